The summed E-state index contributed by atoms with van der Waals surface area (Å²) in [6.45, 7) is 3.94. The van der Waals surface area contributed by atoms with Gasteiger partial charge in [-0.15, -0.1) is 0 Å². The van der Waals surface area contributed by atoms with E-state index in [0.717, 1.165) is 29.3 Å². The van der Waals surface area contributed by atoms with Gasteiger partial charge in [0.1, 0.15) is 12.1 Å². The van der Waals surface area contributed by atoms with E-state index in [1.165, 1.54) is 18.0 Å². The molecule has 0 radical (unpaired) electrons. The molecular formula is C22H25N3O4. The molecule has 0 fully saturated rings. The first kappa shape index (κ1) is 20.4. The second-order valence-corrected chi connectivity index (χ2v) is 6.72. The fourth-order valence-electron chi connectivity index (χ4n) is 3.54. The van der Waals surface area contributed by atoms with Crippen molar-refractivity contribution in [3.05, 3.63) is 65.5 Å². The summed E-state index contributed by atoms with van der Waals surface area (Å²) < 4.78 is 11.7. The molecule has 0 aliphatic carbocycles. The van der Waals surface area contributed by atoms with Crippen molar-refractivity contribution < 1.29 is 19.1 Å². The molecule has 1 aliphatic heterocycles. The van der Waals surface area contributed by atoms with Gasteiger partial charge in [0.2, 0.25) is 0 Å². The van der Waals surface area contributed by atoms with Crippen molar-refractivity contribution in [1.29, 1.82) is 0 Å². The van der Waals surface area contributed by atoms with Gasteiger partial charge in [0.05, 0.1) is 19.8 Å². The highest BCUT2D eigenvalue weighted by Crippen LogP contribution is 2.38. The Hall–Kier alpha value is -3.35. The molecule has 1 aromatic carbocycles. The van der Waals surface area contributed by atoms with Gasteiger partial charge in [-0.2, -0.15) is 0 Å². The Balaban J connectivity index is 2.18. The molecule has 0 unspecified atom stereocenters. The Morgan fingerprint density at radius 1 is 1.14 bits per heavy atom. The summed E-state index contributed by atoms with van der Waals surface area (Å²) in [4.78, 5) is 31.7. The molecule has 0 saturated carbocycles. The normalized spacial score (nSPS) is 14.3. The van der Waals surface area contributed by atoms with Crippen LogP contribution in [0.4, 0.5) is 5.69 Å². The number of rotatable bonds is 6. The van der Waals surface area contributed by atoms with Crippen LogP contribution in [0.2, 0.25) is 0 Å². The Kier molecular flexibility index (Phi) is 6.16. The Labute approximate surface area is 170 Å². The monoisotopic (exact) mass is 395 g/mol. The molecule has 0 atom stereocenters. The molecule has 29 heavy (non-hydrogen) atoms. The summed E-state index contributed by atoms with van der Waals surface area (Å²) >= 11 is 0. The highest BCUT2D eigenvalue weighted by atomic mass is 16.5. The van der Waals surface area contributed by atoms with E-state index in [9.17, 15) is 9.59 Å². The summed E-state index contributed by atoms with van der Waals surface area (Å²) in [5.41, 5.74) is 3.51. The summed E-state index contributed by atoms with van der Waals surface area (Å²) in [6.07, 6.45) is 6.40. The van der Waals surface area contributed by atoms with Crippen LogP contribution in [0.25, 0.3) is 0 Å². The number of imidazole rings is 1. The topological polar surface area (TPSA) is 73.7 Å². The number of hydrogen-bond acceptors (Lipinski definition) is 6. The van der Waals surface area contributed by atoms with E-state index in [4.69, 9.17) is 9.47 Å². The number of aromatic nitrogens is 2. The Morgan fingerprint density at radius 3 is 2.41 bits per heavy atom. The first-order valence-corrected chi connectivity index (χ1v) is 9.48. The van der Waals surface area contributed by atoms with Gasteiger partial charge in [-0.05, 0) is 37.6 Å². The van der Waals surface area contributed by atoms with Gasteiger partial charge in [0.15, 0.2) is 0 Å². The molecule has 0 bridgehead atoms. The number of hydrogen-bond donors (Lipinski definition) is 0. The molecule has 0 amide bonds. The van der Waals surface area contributed by atoms with Crippen LogP contribution in [-0.4, -0.2) is 35.6 Å². The lowest BCUT2D eigenvalue weighted by molar-refractivity contribution is -0.136. The lowest BCUT2D eigenvalue weighted by Gasteiger charge is -2.35. The SMILES string of the molecule is CCCC1=C(C(=O)n2ccnc2)CC(C(=O)OC)=C(C)N1c1ccc(OC)cc1. The highest BCUT2D eigenvalue weighted by Gasteiger charge is 2.33. The zero-order valence-corrected chi connectivity index (χ0v) is 17.1. The smallest absolute Gasteiger partial charge is 0.335 e. The predicted octanol–water partition coefficient (Wildman–Crippen LogP) is 3.94. The number of methoxy groups -OCH3 is 2. The molecule has 2 aromatic rings. The molecule has 1 aromatic heterocycles. The number of carbonyl (C=O) groups excluding carboxylic acids is 2. The van der Waals surface area contributed by atoms with Crippen LogP contribution in [0.15, 0.2) is 65.5 Å². The van der Waals surface area contributed by atoms with Gasteiger partial charge in [0, 0.05) is 41.5 Å². The maximum Gasteiger partial charge on any atom is 0.335 e. The standard InChI is InChI=1S/C22H25N3O4/c1-5-6-20-19(21(26)24-12-11-23-14-24)13-18(22(27)29-4)15(2)25(20)16-7-9-17(28-3)10-8-16/h7-12,14H,5-6,13H2,1-4H3. The summed E-state index contributed by atoms with van der Waals surface area (Å²) in [5.74, 6) is 0.0992. The van der Waals surface area contributed by atoms with Crippen LogP contribution >= 0.6 is 0 Å². The van der Waals surface area contributed by atoms with Gasteiger partial charge in [-0.1, -0.05) is 13.3 Å². The third kappa shape index (κ3) is 3.94. The molecule has 2 heterocycles. The van der Waals surface area contributed by atoms with E-state index in [2.05, 4.69) is 11.9 Å². The molecule has 0 N–H and O–H groups in total. The van der Waals surface area contributed by atoms with Gasteiger partial charge < -0.3 is 14.4 Å². The largest absolute Gasteiger partial charge is 0.497 e. The molecule has 0 spiro atoms. The lowest BCUT2D eigenvalue weighted by atomic mass is 9.92. The van der Waals surface area contributed by atoms with Gasteiger partial charge in [-0.3, -0.25) is 9.36 Å². The minimum absolute atomic E-state index is 0.196. The predicted molar refractivity (Wildman–Crippen MR) is 110 cm³/mol. The van der Waals surface area contributed by atoms with E-state index in [0.29, 0.717) is 17.6 Å². The summed E-state index contributed by atoms with van der Waals surface area (Å²) in [7, 11) is 2.96. The van der Waals surface area contributed by atoms with Crippen molar-refractivity contribution in [1.82, 2.24) is 9.55 Å². The lowest BCUT2D eigenvalue weighted by Crippen LogP contribution is -2.32. The average molecular weight is 395 g/mol. The number of esters is 1. The van der Waals surface area contributed by atoms with Crippen LogP contribution in [0.3, 0.4) is 0 Å². The van der Waals surface area contributed by atoms with E-state index in [1.54, 1.807) is 19.5 Å². The quantitative estimate of drug-likeness (QED) is 0.690. The first-order chi connectivity index (χ1) is 14.0. The second kappa shape index (κ2) is 8.77. The van der Waals surface area contributed by atoms with E-state index in [-0.39, 0.29) is 12.3 Å². The molecule has 152 valence electrons. The highest BCUT2D eigenvalue weighted by molar-refractivity contribution is 6.01. The maximum atomic E-state index is 13.2. The number of benzene rings is 1. The number of ether oxygens (including phenoxy) is 2. The van der Waals surface area contributed by atoms with Crippen LogP contribution in [0, 0.1) is 0 Å². The van der Waals surface area contributed by atoms with Gasteiger partial charge in [0.25, 0.3) is 5.91 Å². The number of nitrogens with zero attached hydrogens (tertiary/aromatic N) is 3. The van der Waals surface area contributed by atoms with Gasteiger partial charge >= 0.3 is 5.97 Å². The number of allylic oxidation sites excluding steroid dienone is 3. The minimum atomic E-state index is -0.438. The van der Waals surface area contributed by atoms with Crippen molar-refractivity contribution in [2.45, 2.75) is 33.1 Å². The average Bonchev–Trinajstić information content (AvgIpc) is 3.28. The number of anilines is 1. The van der Waals surface area contributed by atoms with E-state index < -0.39 is 5.97 Å². The Bertz CT molecular complexity index is 956. The zero-order chi connectivity index (χ0) is 21.0. The minimum Gasteiger partial charge on any atom is -0.497 e. The molecule has 7 heteroatoms. The molecule has 1 aliphatic rings. The third-order valence-corrected chi connectivity index (χ3v) is 4.99. The van der Waals surface area contributed by atoms with E-state index in [1.807, 2.05) is 36.1 Å². The van der Waals surface area contributed by atoms with Crippen molar-refractivity contribution in [2.75, 3.05) is 19.1 Å². The zero-order valence-electron chi connectivity index (χ0n) is 17.1. The molecular weight excluding hydrogens is 370 g/mol. The first-order valence-electron chi connectivity index (χ1n) is 9.48. The second-order valence-electron chi connectivity index (χ2n) is 6.72. The molecule has 3 rings (SSSR count). The third-order valence-electron chi connectivity index (χ3n) is 4.99. The molecule has 0 saturated heterocycles. The Morgan fingerprint density at radius 2 is 1.86 bits per heavy atom. The summed E-state index contributed by atoms with van der Waals surface area (Å²) in [6, 6.07) is 7.54. The van der Waals surface area contributed by atoms with Crippen molar-refractivity contribution in [3.63, 3.8) is 0 Å². The fourth-order valence-corrected chi connectivity index (χ4v) is 3.54. The van der Waals surface area contributed by atoms with Crippen molar-refractivity contribution in [2.24, 2.45) is 0 Å². The fraction of sp³-hybridized carbons (Fsp3) is 0.318. The van der Waals surface area contributed by atoms with Gasteiger partial charge in [-0.25, -0.2) is 9.78 Å². The van der Waals surface area contributed by atoms with Crippen LogP contribution in [0.1, 0.15) is 37.9 Å². The van der Waals surface area contributed by atoms with Crippen LogP contribution in [0.5, 0.6) is 5.75 Å². The van der Waals surface area contributed by atoms with Crippen LogP contribution in [-0.2, 0) is 9.53 Å². The summed E-state index contributed by atoms with van der Waals surface area (Å²) in [5, 5.41) is 0. The number of carbonyl (C=O) groups is 2. The maximum absolute atomic E-state index is 13.2. The van der Waals surface area contributed by atoms with Crippen molar-refractivity contribution >= 4 is 17.6 Å². The van der Waals surface area contributed by atoms with E-state index >= 15 is 0 Å². The van der Waals surface area contributed by atoms with Crippen molar-refractivity contribution in [3.8, 4) is 5.75 Å². The van der Waals surface area contributed by atoms with Crippen LogP contribution < -0.4 is 9.64 Å². The molecule has 7 nitrogen and oxygen atoms in total.